The van der Waals surface area contributed by atoms with E-state index in [0.29, 0.717) is 11.8 Å². The first kappa shape index (κ1) is 21.2. The zero-order valence-corrected chi connectivity index (χ0v) is 19.2. The van der Waals surface area contributed by atoms with E-state index >= 15 is 0 Å². The number of hydrogen-bond acceptors (Lipinski definition) is 6. The fourth-order valence-electron chi connectivity index (χ4n) is 4.21. The molecule has 1 aliphatic rings. The zero-order chi connectivity index (χ0) is 22.8. The average molecular weight is 441 g/mol. The third-order valence-corrected chi connectivity index (χ3v) is 6.22. The summed E-state index contributed by atoms with van der Waals surface area (Å²) in [6.07, 6.45) is 6.63. The van der Waals surface area contributed by atoms with E-state index in [9.17, 15) is 0 Å². The molecule has 0 fully saturated rings. The van der Waals surface area contributed by atoms with Crippen LogP contribution in [0.2, 0.25) is 0 Å². The van der Waals surface area contributed by atoms with Crippen LogP contribution in [0.5, 0.6) is 5.75 Å². The van der Waals surface area contributed by atoms with E-state index < -0.39 is 0 Å². The van der Waals surface area contributed by atoms with E-state index in [1.54, 1.807) is 13.4 Å². The van der Waals surface area contributed by atoms with Gasteiger partial charge in [-0.3, -0.25) is 4.90 Å². The van der Waals surface area contributed by atoms with Crippen LogP contribution in [-0.2, 0) is 19.5 Å². The maximum Gasteiger partial charge on any atom is 0.228 e. The van der Waals surface area contributed by atoms with Crippen LogP contribution in [0.25, 0.3) is 5.69 Å². The number of aryl methyl sites for hydroxylation is 1. The Morgan fingerprint density at radius 2 is 1.94 bits per heavy atom. The summed E-state index contributed by atoms with van der Waals surface area (Å²) in [4.78, 5) is 16.2. The quantitative estimate of drug-likeness (QED) is 0.473. The first-order valence-corrected chi connectivity index (χ1v) is 11.2. The van der Waals surface area contributed by atoms with Gasteiger partial charge in [-0.15, -0.1) is 0 Å². The SMILES string of the molecule is COc1cc(-n2cnc(Nc3ncc4c(n3)CN(Cc3ccccc3)CC4)c2)cc(C)c1C. The van der Waals surface area contributed by atoms with Gasteiger partial charge in [0.25, 0.3) is 0 Å². The topological polar surface area (TPSA) is 68.1 Å². The number of rotatable bonds is 6. The zero-order valence-electron chi connectivity index (χ0n) is 19.2. The van der Waals surface area contributed by atoms with Gasteiger partial charge in [0.1, 0.15) is 12.1 Å². The molecular formula is C26H28N6O. The van der Waals surface area contributed by atoms with Gasteiger partial charge < -0.3 is 14.6 Å². The number of aromatic nitrogens is 4. The molecule has 5 rings (SSSR count). The van der Waals surface area contributed by atoms with Crippen LogP contribution in [0.1, 0.15) is 27.9 Å². The van der Waals surface area contributed by atoms with E-state index in [4.69, 9.17) is 9.72 Å². The predicted octanol–water partition coefficient (Wildman–Crippen LogP) is 4.59. The van der Waals surface area contributed by atoms with Crippen LogP contribution in [0.4, 0.5) is 11.8 Å². The normalized spacial score (nSPS) is 13.5. The highest BCUT2D eigenvalue weighted by Gasteiger charge is 2.19. The van der Waals surface area contributed by atoms with Gasteiger partial charge in [-0.2, -0.15) is 0 Å². The minimum Gasteiger partial charge on any atom is -0.496 e. The lowest BCUT2D eigenvalue weighted by molar-refractivity contribution is 0.241. The summed E-state index contributed by atoms with van der Waals surface area (Å²) in [6.45, 7) is 6.91. The molecule has 4 aromatic rings. The highest BCUT2D eigenvalue weighted by Crippen LogP contribution is 2.26. The largest absolute Gasteiger partial charge is 0.496 e. The molecule has 7 heteroatoms. The summed E-state index contributed by atoms with van der Waals surface area (Å²) >= 11 is 0. The number of benzene rings is 2. The van der Waals surface area contributed by atoms with Gasteiger partial charge in [-0.1, -0.05) is 30.3 Å². The van der Waals surface area contributed by atoms with Gasteiger partial charge in [0.15, 0.2) is 5.82 Å². The van der Waals surface area contributed by atoms with Crippen LogP contribution in [0, 0.1) is 13.8 Å². The Balaban J connectivity index is 1.31. The van der Waals surface area contributed by atoms with Gasteiger partial charge in [0.05, 0.1) is 24.7 Å². The maximum absolute atomic E-state index is 5.52. The molecule has 33 heavy (non-hydrogen) atoms. The number of nitrogens with one attached hydrogen (secondary N) is 1. The Hall–Kier alpha value is -3.71. The first-order valence-electron chi connectivity index (χ1n) is 11.2. The van der Waals surface area contributed by atoms with Gasteiger partial charge in [0, 0.05) is 31.9 Å². The molecule has 0 amide bonds. The number of fused-ring (bicyclic) bond motifs is 1. The van der Waals surface area contributed by atoms with Crippen molar-refractivity contribution in [2.24, 2.45) is 0 Å². The summed E-state index contributed by atoms with van der Waals surface area (Å²) in [5, 5.41) is 3.26. The second kappa shape index (κ2) is 9.03. The summed E-state index contributed by atoms with van der Waals surface area (Å²) < 4.78 is 7.49. The van der Waals surface area contributed by atoms with E-state index in [1.807, 2.05) is 23.0 Å². The predicted molar refractivity (Wildman–Crippen MR) is 129 cm³/mol. The van der Waals surface area contributed by atoms with Crippen LogP contribution in [-0.4, -0.2) is 38.1 Å². The van der Waals surface area contributed by atoms with E-state index in [0.717, 1.165) is 48.7 Å². The molecule has 0 saturated heterocycles. The average Bonchev–Trinajstić information content (AvgIpc) is 3.29. The van der Waals surface area contributed by atoms with Gasteiger partial charge in [-0.05, 0) is 48.6 Å². The first-order chi connectivity index (χ1) is 16.1. The molecule has 2 aromatic carbocycles. The Kier molecular flexibility index (Phi) is 5.79. The molecule has 0 spiro atoms. The second-order valence-corrected chi connectivity index (χ2v) is 8.49. The molecule has 1 aliphatic heterocycles. The Labute approximate surface area is 194 Å². The van der Waals surface area contributed by atoms with Crippen molar-refractivity contribution >= 4 is 11.8 Å². The number of methoxy groups -OCH3 is 1. The number of anilines is 2. The van der Waals surface area contributed by atoms with Crippen molar-refractivity contribution in [3.8, 4) is 11.4 Å². The van der Waals surface area contributed by atoms with E-state index in [1.165, 1.54) is 16.7 Å². The highest BCUT2D eigenvalue weighted by atomic mass is 16.5. The van der Waals surface area contributed by atoms with Crippen molar-refractivity contribution in [2.45, 2.75) is 33.4 Å². The molecule has 1 N–H and O–H groups in total. The number of nitrogens with zero attached hydrogens (tertiary/aromatic N) is 5. The second-order valence-electron chi connectivity index (χ2n) is 8.49. The van der Waals surface area contributed by atoms with Crippen molar-refractivity contribution in [3.63, 3.8) is 0 Å². The molecule has 0 atom stereocenters. The molecule has 7 nitrogen and oxygen atoms in total. The summed E-state index contributed by atoms with van der Waals surface area (Å²) in [7, 11) is 1.70. The lowest BCUT2D eigenvalue weighted by Gasteiger charge is -2.28. The molecule has 2 aromatic heterocycles. The van der Waals surface area contributed by atoms with Crippen LogP contribution in [0.3, 0.4) is 0 Å². The standard InChI is InChI=1S/C26H28N6O/c1-18-11-22(12-24(33-3)19(18)2)32-16-25(28-17-32)30-26-27-13-21-9-10-31(15-23(21)29-26)14-20-7-5-4-6-8-20/h4-8,11-13,16-17H,9-10,14-15H2,1-3H3,(H,27,29,30). The van der Waals surface area contributed by atoms with Crippen LogP contribution < -0.4 is 10.1 Å². The smallest absolute Gasteiger partial charge is 0.228 e. The lowest BCUT2D eigenvalue weighted by Crippen LogP contribution is -2.31. The summed E-state index contributed by atoms with van der Waals surface area (Å²) in [5.41, 5.74) is 6.93. The molecule has 0 saturated carbocycles. The van der Waals surface area contributed by atoms with Crippen molar-refractivity contribution in [2.75, 3.05) is 19.0 Å². The third kappa shape index (κ3) is 4.59. The van der Waals surface area contributed by atoms with Crippen LogP contribution >= 0.6 is 0 Å². The van der Waals surface area contributed by atoms with Gasteiger partial charge in [-0.25, -0.2) is 15.0 Å². The number of hydrogen-bond donors (Lipinski definition) is 1. The Bertz CT molecular complexity index is 1270. The third-order valence-electron chi connectivity index (χ3n) is 6.22. The summed E-state index contributed by atoms with van der Waals surface area (Å²) in [6, 6.07) is 14.7. The number of imidazole rings is 1. The number of ether oxygens (including phenoxy) is 1. The molecule has 0 radical (unpaired) electrons. The minimum absolute atomic E-state index is 0.568. The van der Waals surface area contributed by atoms with Crippen molar-refractivity contribution < 1.29 is 4.74 Å². The fraction of sp³-hybridized carbons (Fsp3) is 0.269. The fourth-order valence-corrected chi connectivity index (χ4v) is 4.21. The molecular weight excluding hydrogens is 412 g/mol. The monoisotopic (exact) mass is 440 g/mol. The lowest BCUT2D eigenvalue weighted by atomic mass is 10.1. The van der Waals surface area contributed by atoms with Crippen molar-refractivity contribution in [1.82, 2.24) is 24.4 Å². The van der Waals surface area contributed by atoms with E-state index in [-0.39, 0.29) is 0 Å². The Morgan fingerprint density at radius 3 is 2.76 bits per heavy atom. The molecule has 0 bridgehead atoms. The molecule has 3 heterocycles. The summed E-state index contributed by atoms with van der Waals surface area (Å²) in [5.74, 6) is 2.13. The highest BCUT2D eigenvalue weighted by molar-refractivity contribution is 5.52. The van der Waals surface area contributed by atoms with Crippen molar-refractivity contribution in [3.05, 3.63) is 89.1 Å². The molecule has 0 aliphatic carbocycles. The maximum atomic E-state index is 5.52. The van der Waals surface area contributed by atoms with E-state index in [2.05, 4.69) is 70.4 Å². The van der Waals surface area contributed by atoms with Gasteiger partial charge in [0.2, 0.25) is 5.95 Å². The van der Waals surface area contributed by atoms with Crippen molar-refractivity contribution in [1.29, 1.82) is 0 Å². The minimum atomic E-state index is 0.568. The van der Waals surface area contributed by atoms with Gasteiger partial charge >= 0.3 is 0 Å². The van der Waals surface area contributed by atoms with Crippen LogP contribution in [0.15, 0.2) is 61.2 Å². The Morgan fingerprint density at radius 1 is 1.09 bits per heavy atom. The molecule has 0 unspecified atom stereocenters. The molecule has 168 valence electrons.